The molecule has 2 aromatic rings. The predicted octanol–water partition coefficient (Wildman–Crippen LogP) is 0.0266. The van der Waals surface area contributed by atoms with Gasteiger partial charge < -0.3 is 44.7 Å². The molecule has 0 radical (unpaired) electrons. The van der Waals surface area contributed by atoms with Crippen molar-refractivity contribution in [2.75, 3.05) is 25.3 Å². The lowest BCUT2D eigenvalue weighted by Crippen LogP contribution is -2.59. The Bertz CT molecular complexity index is 933. The zero-order valence-electron chi connectivity index (χ0n) is 17.1. The summed E-state index contributed by atoms with van der Waals surface area (Å²) in [6.07, 6.45) is -6.02. The third-order valence-corrected chi connectivity index (χ3v) is 5.37. The number of rotatable bonds is 7. The molecule has 0 bridgehead atoms. The molecule has 0 aliphatic carbocycles. The number of amides is 1. The molecule has 2 aromatic carbocycles. The summed E-state index contributed by atoms with van der Waals surface area (Å²) in [5.41, 5.74) is 1.98. The van der Waals surface area contributed by atoms with E-state index >= 15 is 0 Å². The van der Waals surface area contributed by atoms with Gasteiger partial charge in [-0.3, -0.25) is 4.79 Å². The van der Waals surface area contributed by atoms with Gasteiger partial charge >= 0.3 is 0 Å². The Morgan fingerprint density at radius 3 is 2.50 bits per heavy atom. The van der Waals surface area contributed by atoms with Crippen LogP contribution in [-0.2, 0) is 15.9 Å². The first-order valence-corrected chi connectivity index (χ1v) is 10.2. The summed E-state index contributed by atoms with van der Waals surface area (Å²) in [5, 5.41) is 41.6. The van der Waals surface area contributed by atoms with Gasteiger partial charge in [0.1, 0.15) is 24.4 Å². The van der Waals surface area contributed by atoms with Gasteiger partial charge in [0.15, 0.2) is 17.8 Å². The minimum atomic E-state index is -1.47. The van der Waals surface area contributed by atoms with E-state index in [0.29, 0.717) is 29.2 Å². The van der Waals surface area contributed by atoms with Crippen LogP contribution in [-0.4, -0.2) is 77.0 Å². The first-order valence-electron chi connectivity index (χ1n) is 10.2. The number of nitrogens with one attached hydrogen (secondary N) is 1. The van der Waals surface area contributed by atoms with E-state index in [4.69, 9.17) is 18.9 Å². The molecule has 5 atom stereocenters. The van der Waals surface area contributed by atoms with Gasteiger partial charge in [0.05, 0.1) is 13.2 Å². The molecule has 2 aliphatic rings. The highest BCUT2D eigenvalue weighted by molar-refractivity contribution is 6.04. The molecule has 1 fully saturated rings. The fourth-order valence-electron chi connectivity index (χ4n) is 3.49. The van der Waals surface area contributed by atoms with E-state index in [0.717, 1.165) is 5.56 Å². The average molecular weight is 447 g/mol. The van der Waals surface area contributed by atoms with E-state index in [1.807, 2.05) is 12.1 Å². The van der Waals surface area contributed by atoms with Gasteiger partial charge in [-0.05, 0) is 42.3 Å². The van der Waals surface area contributed by atoms with Crippen molar-refractivity contribution in [1.82, 2.24) is 0 Å². The van der Waals surface area contributed by atoms with E-state index in [9.17, 15) is 25.2 Å². The number of fused-ring (bicyclic) bond motifs is 1. The Morgan fingerprint density at radius 2 is 1.75 bits per heavy atom. The Kier molecular flexibility index (Phi) is 6.89. The van der Waals surface area contributed by atoms with Gasteiger partial charge in [0.25, 0.3) is 5.91 Å². The van der Waals surface area contributed by atoms with Crippen molar-refractivity contribution in [3.8, 4) is 11.5 Å². The van der Waals surface area contributed by atoms with Crippen molar-refractivity contribution in [3.05, 3.63) is 53.6 Å². The minimum Gasteiger partial charge on any atom is -0.454 e. The molecular formula is C22H25NO9. The standard InChI is InChI=1S/C22H25NO9/c24-10-17-18(25)19(26)20(27)22(32-17)29-8-7-12-1-4-14(5-2-12)23-21(28)13-3-6-15-16(9-13)31-11-30-15/h1-6,9,17-20,22,24-27H,7-8,10-11H2,(H,23,28)/t17-,18-,19+,20-,22-/m1/s1. The van der Waals surface area contributed by atoms with Gasteiger partial charge in [-0.15, -0.1) is 0 Å². The van der Waals surface area contributed by atoms with Crippen molar-refractivity contribution in [1.29, 1.82) is 0 Å². The number of carbonyl (C=O) groups excluding carboxylic acids is 1. The van der Waals surface area contributed by atoms with Crippen LogP contribution in [0, 0.1) is 0 Å². The van der Waals surface area contributed by atoms with E-state index in [1.54, 1.807) is 30.3 Å². The summed E-state index contributed by atoms with van der Waals surface area (Å²) in [6, 6.07) is 12.1. The highest BCUT2D eigenvalue weighted by atomic mass is 16.7. The van der Waals surface area contributed by atoms with Crippen LogP contribution >= 0.6 is 0 Å². The fourth-order valence-corrected chi connectivity index (χ4v) is 3.49. The molecule has 10 nitrogen and oxygen atoms in total. The van der Waals surface area contributed by atoms with E-state index in [1.165, 1.54) is 0 Å². The molecule has 0 aromatic heterocycles. The van der Waals surface area contributed by atoms with Crippen LogP contribution in [0.4, 0.5) is 5.69 Å². The zero-order chi connectivity index (χ0) is 22.7. The normalized spacial score (nSPS) is 26.7. The number of hydrogen-bond donors (Lipinski definition) is 5. The highest BCUT2D eigenvalue weighted by Gasteiger charge is 2.43. The first kappa shape index (κ1) is 22.5. The molecule has 32 heavy (non-hydrogen) atoms. The summed E-state index contributed by atoms with van der Waals surface area (Å²) < 4.78 is 21.3. The largest absolute Gasteiger partial charge is 0.454 e. The van der Waals surface area contributed by atoms with Gasteiger partial charge in [0.2, 0.25) is 6.79 Å². The lowest BCUT2D eigenvalue weighted by atomic mass is 9.99. The second kappa shape index (κ2) is 9.82. The second-order valence-corrected chi connectivity index (χ2v) is 7.54. The van der Waals surface area contributed by atoms with Crippen LogP contribution in [0.3, 0.4) is 0 Å². The minimum absolute atomic E-state index is 0.141. The Hall–Kier alpha value is -2.73. The number of carbonyl (C=O) groups is 1. The molecular weight excluding hydrogens is 422 g/mol. The van der Waals surface area contributed by atoms with E-state index in [2.05, 4.69) is 5.32 Å². The van der Waals surface area contributed by atoms with E-state index < -0.39 is 37.3 Å². The second-order valence-electron chi connectivity index (χ2n) is 7.54. The van der Waals surface area contributed by atoms with Gasteiger partial charge in [0, 0.05) is 11.3 Å². The van der Waals surface area contributed by atoms with E-state index in [-0.39, 0.29) is 19.3 Å². The number of aliphatic hydroxyl groups excluding tert-OH is 4. The summed E-state index contributed by atoms with van der Waals surface area (Å²) in [4.78, 5) is 12.5. The Balaban J connectivity index is 1.27. The quantitative estimate of drug-likeness (QED) is 0.396. The van der Waals surface area contributed by atoms with Crippen molar-refractivity contribution in [3.63, 3.8) is 0 Å². The van der Waals surface area contributed by atoms with Crippen LogP contribution < -0.4 is 14.8 Å². The molecule has 1 amide bonds. The molecule has 10 heteroatoms. The lowest BCUT2D eigenvalue weighted by Gasteiger charge is -2.39. The van der Waals surface area contributed by atoms with Crippen molar-refractivity contribution in [2.45, 2.75) is 37.1 Å². The van der Waals surface area contributed by atoms with Crippen LogP contribution in [0.1, 0.15) is 15.9 Å². The van der Waals surface area contributed by atoms with Crippen molar-refractivity contribution >= 4 is 11.6 Å². The van der Waals surface area contributed by atoms with Crippen molar-refractivity contribution in [2.24, 2.45) is 0 Å². The van der Waals surface area contributed by atoms with Gasteiger partial charge in [-0.2, -0.15) is 0 Å². The SMILES string of the molecule is O=C(Nc1ccc(CCO[C@@H]2O[C@H](CO)[C@@H](O)[C@H](O)[C@H]2O)cc1)c1ccc2c(c1)OCO2. The summed E-state index contributed by atoms with van der Waals surface area (Å²) in [5.74, 6) is 0.867. The lowest BCUT2D eigenvalue weighted by molar-refractivity contribution is -0.300. The van der Waals surface area contributed by atoms with Crippen molar-refractivity contribution < 1.29 is 44.2 Å². The summed E-state index contributed by atoms with van der Waals surface area (Å²) in [7, 11) is 0. The highest BCUT2D eigenvalue weighted by Crippen LogP contribution is 2.32. The van der Waals surface area contributed by atoms with Crippen LogP contribution in [0.2, 0.25) is 0 Å². The maximum Gasteiger partial charge on any atom is 0.255 e. The molecule has 4 rings (SSSR count). The summed E-state index contributed by atoms with van der Waals surface area (Å²) in [6.45, 7) is -0.197. The smallest absolute Gasteiger partial charge is 0.255 e. The molecule has 0 saturated carbocycles. The molecule has 5 N–H and O–H groups in total. The third-order valence-electron chi connectivity index (χ3n) is 5.37. The van der Waals surface area contributed by atoms with Crippen LogP contribution in [0.25, 0.3) is 0 Å². The number of anilines is 1. The monoisotopic (exact) mass is 447 g/mol. The Labute approximate surface area is 183 Å². The van der Waals surface area contributed by atoms with Gasteiger partial charge in [-0.25, -0.2) is 0 Å². The van der Waals surface area contributed by atoms with Crippen LogP contribution in [0.15, 0.2) is 42.5 Å². The van der Waals surface area contributed by atoms with Crippen LogP contribution in [0.5, 0.6) is 11.5 Å². The average Bonchev–Trinajstić information content (AvgIpc) is 3.28. The zero-order valence-corrected chi connectivity index (χ0v) is 17.1. The third kappa shape index (κ3) is 4.85. The topological polar surface area (TPSA) is 147 Å². The molecule has 172 valence electrons. The number of aliphatic hydroxyl groups is 4. The maximum absolute atomic E-state index is 12.5. The first-order chi connectivity index (χ1) is 15.5. The summed E-state index contributed by atoms with van der Waals surface area (Å²) >= 11 is 0. The maximum atomic E-state index is 12.5. The number of ether oxygens (including phenoxy) is 4. The number of hydrogen-bond acceptors (Lipinski definition) is 9. The molecule has 1 saturated heterocycles. The number of benzene rings is 2. The fraction of sp³-hybridized carbons (Fsp3) is 0.409. The van der Waals surface area contributed by atoms with Gasteiger partial charge in [-0.1, -0.05) is 12.1 Å². The molecule has 2 aliphatic heterocycles. The molecule has 2 heterocycles. The molecule has 0 spiro atoms. The molecule has 0 unspecified atom stereocenters. The Morgan fingerprint density at radius 1 is 1.00 bits per heavy atom. The predicted molar refractivity (Wildman–Crippen MR) is 110 cm³/mol.